The Bertz CT molecular complexity index is 519. The van der Waals surface area contributed by atoms with Crippen molar-refractivity contribution >= 4 is 16.6 Å². The molecule has 6 heteroatoms. The fourth-order valence-corrected chi connectivity index (χ4v) is 1.62. The van der Waals surface area contributed by atoms with Crippen LogP contribution < -0.4 is 5.73 Å². The van der Waals surface area contributed by atoms with Crippen LogP contribution in [0.5, 0.6) is 0 Å². The highest BCUT2D eigenvalue weighted by Crippen LogP contribution is 2.22. The Morgan fingerprint density at radius 1 is 1.24 bits per heavy atom. The number of hydrogen-bond acceptors (Lipinski definition) is 2. The minimum atomic E-state index is -4.30. The van der Waals surface area contributed by atoms with Crippen LogP contribution in [0.15, 0.2) is 30.5 Å². The van der Waals surface area contributed by atoms with Gasteiger partial charge < -0.3 is 15.0 Å². The zero-order chi connectivity index (χ0) is 12.5. The first-order valence-electron chi connectivity index (χ1n) is 4.95. The molecule has 0 atom stereocenters. The van der Waals surface area contributed by atoms with Crippen molar-refractivity contribution in [3.8, 4) is 0 Å². The van der Waals surface area contributed by atoms with E-state index >= 15 is 0 Å². The summed E-state index contributed by atoms with van der Waals surface area (Å²) in [6, 6.07) is 7.02. The molecule has 0 saturated carbocycles. The standard InChI is InChI=1S/C11H11F3N2O/c12-11(13,14)6-17-7-16-5-4-8-9(15)2-1-3-10(8)16/h1-5H,6-7,15H2. The second-order valence-electron chi connectivity index (χ2n) is 3.66. The number of ether oxygens (including phenoxy) is 1. The lowest BCUT2D eigenvalue weighted by atomic mass is 10.2. The van der Waals surface area contributed by atoms with E-state index < -0.39 is 12.8 Å². The van der Waals surface area contributed by atoms with Crippen LogP contribution in [0.25, 0.3) is 10.9 Å². The van der Waals surface area contributed by atoms with Crippen LogP contribution in [0.3, 0.4) is 0 Å². The highest BCUT2D eigenvalue weighted by atomic mass is 19.4. The number of aromatic nitrogens is 1. The highest BCUT2D eigenvalue weighted by molar-refractivity contribution is 5.91. The zero-order valence-electron chi connectivity index (χ0n) is 8.87. The molecule has 17 heavy (non-hydrogen) atoms. The van der Waals surface area contributed by atoms with E-state index in [-0.39, 0.29) is 6.73 Å². The predicted molar refractivity (Wildman–Crippen MR) is 58.4 cm³/mol. The first kappa shape index (κ1) is 11.8. The fourth-order valence-electron chi connectivity index (χ4n) is 1.62. The van der Waals surface area contributed by atoms with E-state index in [0.29, 0.717) is 5.69 Å². The number of nitrogens with zero attached hydrogens (tertiary/aromatic N) is 1. The van der Waals surface area contributed by atoms with Crippen molar-refractivity contribution in [1.82, 2.24) is 4.57 Å². The topological polar surface area (TPSA) is 40.2 Å². The fraction of sp³-hybridized carbons (Fsp3) is 0.273. The quantitative estimate of drug-likeness (QED) is 0.843. The van der Waals surface area contributed by atoms with Crippen LogP contribution in [0.4, 0.5) is 18.9 Å². The number of nitrogens with two attached hydrogens (primary N) is 1. The second-order valence-corrected chi connectivity index (χ2v) is 3.66. The molecule has 3 nitrogen and oxygen atoms in total. The molecule has 0 radical (unpaired) electrons. The summed E-state index contributed by atoms with van der Waals surface area (Å²) in [7, 11) is 0. The molecule has 0 fully saturated rings. The van der Waals surface area contributed by atoms with E-state index in [4.69, 9.17) is 5.73 Å². The van der Waals surface area contributed by atoms with E-state index in [9.17, 15) is 13.2 Å². The molecule has 92 valence electrons. The maximum absolute atomic E-state index is 11.9. The van der Waals surface area contributed by atoms with Crippen molar-refractivity contribution in [2.24, 2.45) is 0 Å². The van der Waals surface area contributed by atoms with E-state index in [1.807, 2.05) is 0 Å². The summed E-state index contributed by atoms with van der Waals surface area (Å²) in [5.74, 6) is 0. The molecule has 0 aliphatic heterocycles. The van der Waals surface area contributed by atoms with Crippen LogP contribution in [0.1, 0.15) is 0 Å². The maximum Gasteiger partial charge on any atom is 0.411 e. The van der Waals surface area contributed by atoms with Gasteiger partial charge >= 0.3 is 6.18 Å². The van der Waals surface area contributed by atoms with Crippen LogP contribution in [0.2, 0.25) is 0 Å². The van der Waals surface area contributed by atoms with Gasteiger partial charge in [-0.1, -0.05) is 6.07 Å². The summed E-state index contributed by atoms with van der Waals surface area (Å²) in [5.41, 5.74) is 7.08. The van der Waals surface area contributed by atoms with Gasteiger partial charge in [0, 0.05) is 17.3 Å². The van der Waals surface area contributed by atoms with E-state index in [1.165, 1.54) is 0 Å². The first-order chi connectivity index (χ1) is 7.97. The number of halogens is 3. The molecule has 1 heterocycles. The summed E-state index contributed by atoms with van der Waals surface area (Å²) >= 11 is 0. The van der Waals surface area contributed by atoms with Gasteiger partial charge in [0.15, 0.2) is 0 Å². The van der Waals surface area contributed by atoms with Gasteiger partial charge in [-0.3, -0.25) is 0 Å². The lowest BCUT2D eigenvalue weighted by Gasteiger charge is -2.09. The number of benzene rings is 1. The van der Waals surface area contributed by atoms with Gasteiger partial charge in [0.1, 0.15) is 13.3 Å². The third-order valence-corrected chi connectivity index (χ3v) is 2.34. The lowest BCUT2D eigenvalue weighted by Crippen LogP contribution is -2.18. The van der Waals surface area contributed by atoms with Gasteiger partial charge in [-0.05, 0) is 18.2 Å². The van der Waals surface area contributed by atoms with Crippen LogP contribution in [0, 0.1) is 0 Å². The molecular formula is C11H11F3N2O. The Morgan fingerprint density at radius 3 is 2.71 bits per heavy atom. The molecular weight excluding hydrogens is 233 g/mol. The van der Waals surface area contributed by atoms with E-state index in [2.05, 4.69) is 4.74 Å². The van der Waals surface area contributed by atoms with Crippen molar-refractivity contribution in [3.05, 3.63) is 30.5 Å². The molecule has 2 rings (SSSR count). The van der Waals surface area contributed by atoms with Gasteiger partial charge in [0.25, 0.3) is 0 Å². The molecule has 1 aromatic heterocycles. The number of anilines is 1. The average molecular weight is 244 g/mol. The van der Waals surface area contributed by atoms with E-state index in [0.717, 1.165) is 10.9 Å². The first-order valence-corrected chi connectivity index (χ1v) is 4.95. The third kappa shape index (κ3) is 2.71. The van der Waals surface area contributed by atoms with Crippen molar-refractivity contribution in [2.75, 3.05) is 12.3 Å². The molecule has 0 saturated heterocycles. The average Bonchev–Trinajstić information content (AvgIpc) is 2.61. The molecule has 0 spiro atoms. The van der Waals surface area contributed by atoms with Crippen LogP contribution in [-0.2, 0) is 11.5 Å². The maximum atomic E-state index is 11.9. The summed E-state index contributed by atoms with van der Waals surface area (Å²) in [6.45, 7) is -1.40. The van der Waals surface area contributed by atoms with Crippen molar-refractivity contribution in [1.29, 1.82) is 0 Å². The summed E-state index contributed by atoms with van der Waals surface area (Å²) < 4.78 is 41.9. The van der Waals surface area contributed by atoms with Crippen molar-refractivity contribution in [2.45, 2.75) is 12.9 Å². The Labute approximate surface area is 95.6 Å². The summed E-state index contributed by atoms with van der Waals surface area (Å²) in [5, 5.41) is 0.808. The largest absolute Gasteiger partial charge is 0.411 e. The van der Waals surface area contributed by atoms with Crippen LogP contribution in [-0.4, -0.2) is 17.4 Å². The Balaban J connectivity index is 2.12. The Hall–Kier alpha value is -1.69. The lowest BCUT2D eigenvalue weighted by molar-refractivity contribution is -0.181. The van der Waals surface area contributed by atoms with Gasteiger partial charge in [-0.15, -0.1) is 0 Å². The predicted octanol–water partition coefficient (Wildman–Crippen LogP) is 2.76. The summed E-state index contributed by atoms with van der Waals surface area (Å²) in [6.07, 6.45) is -2.65. The van der Waals surface area contributed by atoms with Gasteiger partial charge in [-0.25, -0.2) is 0 Å². The number of nitrogen functional groups attached to an aromatic ring is 1. The zero-order valence-corrected chi connectivity index (χ0v) is 8.87. The monoisotopic (exact) mass is 244 g/mol. The molecule has 2 aromatic rings. The number of fused-ring (bicyclic) bond motifs is 1. The van der Waals surface area contributed by atoms with Gasteiger partial charge in [-0.2, -0.15) is 13.2 Å². The van der Waals surface area contributed by atoms with Crippen molar-refractivity contribution in [3.63, 3.8) is 0 Å². The second kappa shape index (κ2) is 4.29. The third-order valence-electron chi connectivity index (χ3n) is 2.34. The minimum absolute atomic E-state index is 0.146. The normalized spacial score (nSPS) is 12.2. The minimum Gasteiger partial charge on any atom is -0.398 e. The van der Waals surface area contributed by atoms with Gasteiger partial charge in [0.05, 0.1) is 5.52 Å². The smallest absolute Gasteiger partial charge is 0.398 e. The molecule has 0 aliphatic rings. The van der Waals surface area contributed by atoms with E-state index in [1.54, 1.807) is 35.0 Å². The molecule has 1 aromatic carbocycles. The Kier molecular flexibility index (Phi) is 2.97. The summed E-state index contributed by atoms with van der Waals surface area (Å²) in [4.78, 5) is 0. The SMILES string of the molecule is Nc1cccc2c1ccn2COCC(F)(F)F. The molecule has 0 amide bonds. The van der Waals surface area contributed by atoms with Crippen LogP contribution >= 0.6 is 0 Å². The number of rotatable bonds is 3. The van der Waals surface area contributed by atoms with Crippen molar-refractivity contribution < 1.29 is 17.9 Å². The Morgan fingerprint density at radius 2 is 2.00 bits per heavy atom. The number of hydrogen-bond donors (Lipinski definition) is 1. The molecule has 2 N–H and O–H groups in total. The highest BCUT2D eigenvalue weighted by Gasteiger charge is 2.27. The molecule has 0 bridgehead atoms. The number of alkyl halides is 3. The molecule has 0 aliphatic carbocycles. The van der Waals surface area contributed by atoms with Gasteiger partial charge in [0.2, 0.25) is 0 Å². The molecule has 0 unspecified atom stereocenters.